The molecule has 2 aromatic carbocycles. The van der Waals surface area contributed by atoms with Crippen molar-refractivity contribution in [2.45, 2.75) is 24.8 Å². The number of nitrogens with one attached hydrogen (secondary N) is 1. The van der Waals surface area contributed by atoms with E-state index in [1.54, 1.807) is 31.2 Å². The molecule has 190 valence electrons. The van der Waals surface area contributed by atoms with Crippen LogP contribution in [-0.2, 0) is 14.8 Å². The maximum Gasteiger partial charge on any atom is 0.263 e. The Labute approximate surface area is 220 Å². The summed E-state index contributed by atoms with van der Waals surface area (Å²) in [5.74, 6) is 0.581. The molecule has 1 atom stereocenters. The van der Waals surface area contributed by atoms with Crippen molar-refractivity contribution < 1.29 is 14.6 Å². The van der Waals surface area contributed by atoms with E-state index in [-0.39, 0.29) is 23.4 Å². The topological polar surface area (TPSA) is 100 Å². The Morgan fingerprint density at radius 2 is 1.83 bits per heavy atom. The van der Waals surface area contributed by atoms with E-state index in [0.29, 0.717) is 37.0 Å². The molecule has 1 amide bonds. The number of hydrogen-bond donors (Lipinski definition) is 1. The lowest BCUT2D eigenvalue weighted by Gasteiger charge is -2.37. The number of aryl methyl sites for hydroxylation is 1. The number of hydrogen-bond acceptors (Lipinski definition) is 7. The highest BCUT2D eigenvalue weighted by molar-refractivity contribution is 7.93. The Morgan fingerprint density at radius 1 is 1.11 bits per heavy atom. The van der Waals surface area contributed by atoms with Gasteiger partial charge < -0.3 is 14.4 Å². The van der Waals surface area contributed by atoms with E-state index < -0.39 is 10.0 Å². The number of fused-ring (bicyclic) bond motifs is 1. The second kappa shape index (κ2) is 9.72. The molecule has 3 heterocycles. The number of sulfonamides is 1. The SMILES string of the molecule is Cc1nsc(NS(=O)(=O)c2ccc(N3CCN(C(=O)[C@H](C)n4ccc5ccc(Cl)cc54)CC3)cc2)n1.[HH]. The summed E-state index contributed by atoms with van der Waals surface area (Å²) in [6.45, 7) is 6.10. The Kier molecular flexibility index (Phi) is 6.62. The van der Waals surface area contributed by atoms with Crippen LogP contribution in [-0.4, -0.2) is 59.3 Å². The third kappa shape index (κ3) is 4.91. The molecule has 0 radical (unpaired) electrons. The van der Waals surface area contributed by atoms with Crippen LogP contribution in [0.1, 0.15) is 20.2 Å². The lowest BCUT2D eigenvalue weighted by atomic mass is 10.2. The maximum absolute atomic E-state index is 13.2. The number of aromatic nitrogens is 3. The predicted molar refractivity (Wildman–Crippen MR) is 144 cm³/mol. The van der Waals surface area contributed by atoms with Crippen molar-refractivity contribution in [1.82, 2.24) is 18.8 Å². The number of rotatable bonds is 6. The number of halogens is 1. The molecule has 0 bridgehead atoms. The smallest absolute Gasteiger partial charge is 0.263 e. The number of benzene rings is 2. The van der Waals surface area contributed by atoms with Gasteiger partial charge >= 0.3 is 0 Å². The molecule has 4 aromatic rings. The van der Waals surface area contributed by atoms with Crippen LogP contribution < -0.4 is 9.62 Å². The van der Waals surface area contributed by atoms with E-state index in [1.165, 1.54) is 0 Å². The third-order valence-corrected chi connectivity index (χ3v) is 8.75. The number of nitrogens with zero attached hydrogens (tertiary/aromatic N) is 5. The van der Waals surface area contributed by atoms with E-state index in [4.69, 9.17) is 11.6 Å². The molecular weight excluding hydrogens is 520 g/mol. The molecule has 1 N–H and O–H groups in total. The molecular formula is C24H27ClN6O3S2. The van der Waals surface area contributed by atoms with Crippen molar-refractivity contribution in [2.75, 3.05) is 35.8 Å². The average Bonchev–Trinajstić information content (AvgIpc) is 3.48. The summed E-state index contributed by atoms with van der Waals surface area (Å²) in [4.78, 5) is 21.5. The van der Waals surface area contributed by atoms with Gasteiger partial charge in [0.05, 0.1) is 10.4 Å². The number of carbonyl (C=O) groups is 1. The quantitative estimate of drug-likeness (QED) is 0.384. The first kappa shape index (κ1) is 24.5. The molecule has 0 saturated carbocycles. The Morgan fingerprint density at radius 3 is 2.50 bits per heavy atom. The van der Waals surface area contributed by atoms with Crippen molar-refractivity contribution in [1.29, 1.82) is 0 Å². The molecule has 12 heteroatoms. The first-order valence-electron chi connectivity index (χ1n) is 11.4. The zero-order chi connectivity index (χ0) is 25.4. The maximum atomic E-state index is 13.2. The van der Waals surface area contributed by atoms with Crippen molar-refractivity contribution in [3.05, 3.63) is 65.6 Å². The van der Waals surface area contributed by atoms with Crippen molar-refractivity contribution in [3.8, 4) is 0 Å². The fourth-order valence-corrected chi connectivity index (χ4v) is 6.34. The van der Waals surface area contributed by atoms with Crippen LogP contribution in [0.2, 0.25) is 5.02 Å². The average molecular weight is 547 g/mol. The monoisotopic (exact) mass is 546 g/mol. The molecule has 5 rings (SSSR count). The normalized spacial score (nSPS) is 15.3. The largest absolute Gasteiger partial charge is 0.368 e. The second-order valence-corrected chi connectivity index (χ2v) is 11.5. The molecule has 1 aliphatic heterocycles. The molecule has 1 aliphatic rings. The number of amides is 1. The molecule has 1 saturated heterocycles. The van der Waals surface area contributed by atoms with Gasteiger partial charge in [0.25, 0.3) is 10.0 Å². The molecule has 2 aromatic heterocycles. The Balaban J connectivity index is 0.00000320. The van der Waals surface area contributed by atoms with Crippen LogP contribution in [0.25, 0.3) is 10.9 Å². The minimum Gasteiger partial charge on any atom is -0.368 e. The molecule has 9 nitrogen and oxygen atoms in total. The van der Waals surface area contributed by atoms with Crippen LogP contribution in [0.5, 0.6) is 0 Å². The fourth-order valence-electron chi connectivity index (χ4n) is 4.38. The molecule has 36 heavy (non-hydrogen) atoms. The highest BCUT2D eigenvalue weighted by Crippen LogP contribution is 2.26. The van der Waals surface area contributed by atoms with Crippen LogP contribution in [0.3, 0.4) is 0 Å². The van der Waals surface area contributed by atoms with Gasteiger partial charge in [-0.25, -0.2) is 13.4 Å². The highest BCUT2D eigenvalue weighted by atomic mass is 35.5. The van der Waals surface area contributed by atoms with Crippen LogP contribution >= 0.6 is 23.1 Å². The van der Waals surface area contributed by atoms with Gasteiger partial charge in [-0.3, -0.25) is 9.52 Å². The van der Waals surface area contributed by atoms with E-state index in [2.05, 4.69) is 19.0 Å². The molecule has 0 spiro atoms. The van der Waals surface area contributed by atoms with Gasteiger partial charge in [0.15, 0.2) is 0 Å². The minimum absolute atomic E-state index is 0. The summed E-state index contributed by atoms with van der Waals surface area (Å²) < 4.78 is 33.7. The zero-order valence-electron chi connectivity index (χ0n) is 19.8. The highest BCUT2D eigenvalue weighted by Gasteiger charge is 2.27. The first-order chi connectivity index (χ1) is 17.2. The van der Waals surface area contributed by atoms with Gasteiger partial charge in [0.2, 0.25) is 11.0 Å². The zero-order valence-corrected chi connectivity index (χ0v) is 22.1. The van der Waals surface area contributed by atoms with E-state index in [1.807, 2.05) is 46.9 Å². The summed E-state index contributed by atoms with van der Waals surface area (Å²) in [5.41, 5.74) is 1.85. The van der Waals surface area contributed by atoms with Gasteiger partial charge in [0, 0.05) is 56.0 Å². The Hall–Kier alpha value is -3.15. The Bertz CT molecular complexity index is 1520. The van der Waals surface area contributed by atoms with E-state index >= 15 is 0 Å². The molecule has 0 unspecified atom stereocenters. The predicted octanol–water partition coefficient (Wildman–Crippen LogP) is 4.41. The lowest BCUT2D eigenvalue weighted by Crippen LogP contribution is -2.50. The van der Waals surface area contributed by atoms with Gasteiger partial charge in [0.1, 0.15) is 11.9 Å². The minimum atomic E-state index is -3.74. The summed E-state index contributed by atoms with van der Waals surface area (Å²) in [6, 6.07) is 14.0. The summed E-state index contributed by atoms with van der Waals surface area (Å²) in [6.07, 6.45) is 1.93. The number of carbonyl (C=O) groups excluding carboxylic acids is 1. The van der Waals surface area contributed by atoms with Crippen LogP contribution in [0.4, 0.5) is 10.8 Å². The fraction of sp³-hybridized carbons (Fsp3) is 0.292. The number of anilines is 2. The van der Waals surface area contributed by atoms with Gasteiger partial charge in [-0.1, -0.05) is 17.7 Å². The van der Waals surface area contributed by atoms with E-state index in [9.17, 15) is 13.2 Å². The van der Waals surface area contributed by atoms with Gasteiger partial charge in [-0.2, -0.15) is 4.37 Å². The van der Waals surface area contributed by atoms with Crippen molar-refractivity contribution >= 4 is 60.8 Å². The second-order valence-electron chi connectivity index (χ2n) is 8.66. The van der Waals surface area contributed by atoms with Crippen molar-refractivity contribution in [2.24, 2.45) is 0 Å². The number of piperazine rings is 1. The third-order valence-electron chi connectivity index (χ3n) is 6.31. The van der Waals surface area contributed by atoms with Gasteiger partial charge in [-0.15, -0.1) is 0 Å². The molecule has 0 aliphatic carbocycles. The first-order valence-corrected chi connectivity index (χ1v) is 14.1. The van der Waals surface area contributed by atoms with Gasteiger partial charge in [-0.05, 0) is 61.7 Å². The van der Waals surface area contributed by atoms with Crippen LogP contribution in [0.15, 0.2) is 59.6 Å². The van der Waals surface area contributed by atoms with Crippen LogP contribution in [0, 0.1) is 6.92 Å². The lowest BCUT2D eigenvalue weighted by molar-refractivity contribution is -0.134. The van der Waals surface area contributed by atoms with E-state index in [0.717, 1.165) is 28.1 Å². The summed E-state index contributed by atoms with van der Waals surface area (Å²) >= 11 is 7.17. The standard InChI is InChI=1S/C24H25ClN6O3S2.H2/c1-16(31-10-9-18-3-4-19(25)15-22(18)31)23(32)30-13-11-29(12-14-30)20-5-7-21(8-6-20)36(33,34)28-24-26-17(2)27-35-24;/h3-10,15-16H,11-14H2,1-2H3,(H,26,27,28);1H/t16-;/m0./s1. The summed E-state index contributed by atoms with van der Waals surface area (Å²) in [5, 5.41) is 1.92. The molecule has 1 fully saturated rings. The van der Waals surface area contributed by atoms with Crippen molar-refractivity contribution in [3.63, 3.8) is 0 Å². The summed E-state index contributed by atoms with van der Waals surface area (Å²) in [7, 11) is -3.74.